The summed E-state index contributed by atoms with van der Waals surface area (Å²) in [7, 11) is 0. The van der Waals surface area contributed by atoms with Gasteiger partial charge in [0.15, 0.2) is 5.78 Å². The molecule has 23 heavy (non-hydrogen) atoms. The van der Waals surface area contributed by atoms with Gasteiger partial charge in [0.2, 0.25) is 0 Å². The van der Waals surface area contributed by atoms with Crippen LogP contribution < -0.4 is 5.56 Å². The largest absolute Gasteiger partial charge is 0.349 e. The van der Waals surface area contributed by atoms with Gasteiger partial charge in [-0.15, -0.1) is 0 Å². The van der Waals surface area contributed by atoms with Gasteiger partial charge in [0.25, 0.3) is 5.56 Å². The second kappa shape index (κ2) is 6.14. The van der Waals surface area contributed by atoms with Gasteiger partial charge < -0.3 is 4.57 Å². The first-order valence-corrected chi connectivity index (χ1v) is 8.31. The predicted molar refractivity (Wildman–Crippen MR) is 89.0 cm³/mol. The van der Waals surface area contributed by atoms with Crippen LogP contribution in [-0.2, 0) is 25.9 Å². The third-order valence-electron chi connectivity index (χ3n) is 4.76. The maximum Gasteiger partial charge on any atom is 0.267 e. The van der Waals surface area contributed by atoms with E-state index in [-0.39, 0.29) is 17.9 Å². The summed E-state index contributed by atoms with van der Waals surface area (Å²) in [5, 5.41) is 4.43. The van der Waals surface area contributed by atoms with E-state index in [2.05, 4.69) is 16.6 Å². The SMILES string of the molecule is CCn1c(C)cc(C(=O)Cn2nc3c(cc2=O)CCCC3)c1C. The van der Waals surface area contributed by atoms with Crippen LogP contribution in [0.3, 0.4) is 0 Å². The van der Waals surface area contributed by atoms with Crippen LogP contribution in [0.4, 0.5) is 0 Å². The highest BCUT2D eigenvalue weighted by Crippen LogP contribution is 2.18. The van der Waals surface area contributed by atoms with E-state index >= 15 is 0 Å². The molecule has 0 unspecified atom stereocenters. The molecule has 5 nitrogen and oxygen atoms in total. The van der Waals surface area contributed by atoms with Crippen molar-refractivity contribution in [3.63, 3.8) is 0 Å². The minimum Gasteiger partial charge on any atom is -0.349 e. The van der Waals surface area contributed by atoms with Crippen molar-refractivity contribution in [2.24, 2.45) is 0 Å². The van der Waals surface area contributed by atoms with Crippen LogP contribution in [0.15, 0.2) is 16.9 Å². The highest BCUT2D eigenvalue weighted by molar-refractivity contribution is 5.97. The van der Waals surface area contributed by atoms with Crippen LogP contribution in [0.1, 0.15) is 52.8 Å². The zero-order chi connectivity index (χ0) is 16.6. The Labute approximate surface area is 135 Å². The van der Waals surface area contributed by atoms with Gasteiger partial charge in [0.1, 0.15) is 6.54 Å². The third kappa shape index (κ3) is 2.87. The number of ketones is 1. The molecule has 1 aliphatic carbocycles. The summed E-state index contributed by atoms with van der Waals surface area (Å²) in [5.41, 5.74) is 4.57. The lowest BCUT2D eigenvalue weighted by Crippen LogP contribution is -2.29. The van der Waals surface area contributed by atoms with Gasteiger partial charge >= 0.3 is 0 Å². The van der Waals surface area contributed by atoms with Gasteiger partial charge in [-0.25, -0.2) is 4.68 Å². The molecule has 0 radical (unpaired) electrons. The second-order valence-electron chi connectivity index (χ2n) is 6.27. The number of hydrogen-bond donors (Lipinski definition) is 0. The number of aromatic nitrogens is 3. The fraction of sp³-hybridized carbons (Fsp3) is 0.500. The van der Waals surface area contributed by atoms with Crippen molar-refractivity contribution < 1.29 is 4.79 Å². The van der Waals surface area contributed by atoms with Crippen LogP contribution >= 0.6 is 0 Å². The molecule has 122 valence electrons. The maximum atomic E-state index is 12.6. The molecule has 2 heterocycles. The first-order valence-electron chi connectivity index (χ1n) is 8.31. The third-order valence-corrected chi connectivity index (χ3v) is 4.76. The zero-order valence-electron chi connectivity index (χ0n) is 14.1. The van der Waals surface area contributed by atoms with Crippen LogP contribution in [0.2, 0.25) is 0 Å². The minimum atomic E-state index is -0.178. The quantitative estimate of drug-likeness (QED) is 0.815. The summed E-state index contributed by atoms with van der Waals surface area (Å²) in [6, 6.07) is 3.56. The van der Waals surface area contributed by atoms with Crippen LogP contribution in [0, 0.1) is 13.8 Å². The smallest absolute Gasteiger partial charge is 0.267 e. The highest BCUT2D eigenvalue weighted by Gasteiger charge is 2.18. The first-order chi connectivity index (χ1) is 11.0. The summed E-state index contributed by atoms with van der Waals surface area (Å²) < 4.78 is 3.43. The molecule has 0 aromatic carbocycles. The van der Waals surface area contributed by atoms with Crippen LogP contribution in [0.5, 0.6) is 0 Å². The standard InChI is InChI=1S/C18H23N3O2/c1-4-20-12(2)9-15(13(20)3)17(22)11-21-18(23)10-14-7-5-6-8-16(14)19-21/h9-10H,4-8,11H2,1-3H3. The van der Waals surface area contributed by atoms with E-state index in [1.807, 2.05) is 19.9 Å². The van der Waals surface area contributed by atoms with Gasteiger partial charge in [-0.1, -0.05) is 0 Å². The molecule has 0 spiro atoms. The van der Waals surface area contributed by atoms with Crippen molar-refractivity contribution in [3.05, 3.63) is 50.7 Å². The molecule has 0 saturated carbocycles. The van der Waals surface area contributed by atoms with Crippen molar-refractivity contribution in [3.8, 4) is 0 Å². The zero-order valence-corrected chi connectivity index (χ0v) is 14.1. The van der Waals surface area contributed by atoms with E-state index < -0.39 is 0 Å². The molecular formula is C18H23N3O2. The van der Waals surface area contributed by atoms with Crippen molar-refractivity contribution in [1.82, 2.24) is 14.3 Å². The number of carbonyl (C=O) groups is 1. The molecule has 0 atom stereocenters. The monoisotopic (exact) mass is 313 g/mol. The fourth-order valence-corrected chi connectivity index (χ4v) is 3.51. The average Bonchev–Trinajstić information content (AvgIpc) is 2.82. The summed E-state index contributed by atoms with van der Waals surface area (Å²) in [6.07, 6.45) is 4.03. The van der Waals surface area contributed by atoms with E-state index in [9.17, 15) is 9.59 Å². The number of aryl methyl sites for hydroxylation is 3. The summed E-state index contributed by atoms with van der Waals surface area (Å²) in [4.78, 5) is 24.8. The van der Waals surface area contributed by atoms with Gasteiger partial charge in [-0.3, -0.25) is 9.59 Å². The molecule has 1 aliphatic rings. The molecule has 5 heteroatoms. The Bertz CT molecular complexity index is 814. The Balaban J connectivity index is 1.90. The van der Waals surface area contributed by atoms with Crippen molar-refractivity contribution in [1.29, 1.82) is 0 Å². The number of nitrogens with zero attached hydrogens (tertiary/aromatic N) is 3. The molecule has 0 N–H and O–H groups in total. The van der Waals surface area contributed by atoms with Crippen LogP contribution in [-0.4, -0.2) is 20.1 Å². The number of rotatable bonds is 4. The molecule has 2 aromatic heterocycles. The lowest BCUT2D eigenvalue weighted by molar-refractivity contribution is 0.0964. The van der Waals surface area contributed by atoms with E-state index in [0.29, 0.717) is 5.56 Å². The highest BCUT2D eigenvalue weighted by atomic mass is 16.1. The molecule has 0 amide bonds. The second-order valence-corrected chi connectivity index (χ2v) is 6.27. The normalized spacial score (nSPS) is 13.9. The van der Waals surface area contributed by atoms with Gasteiger partial charge in [-0.05, 0) is 58.1 Å². The Morgan fingerprint density at radius 3 is 2.65 bits per heavy atom. The van der Waals surface area contributed by atoms with Crippen molar-refractivity contribution in [2.75, 3.05) is 0 Å². The summed E-state index contributed by atoms with van der Waals surface area (Å²) in [6.45, 7) is 6.86. The maximum absolute atomic E-state index is 12.6. The number of hydrogen-bond acceptors (Lipinski definition) is 3. The van der Waals surface area contributed by atoms with E-state index in [4.69, 9.17) is 0 Å². The Morgan fingerprint density at radius 1 is 1.22 bits per heavy atom. The Kier molecular flexibility index (Phi) is 4.20. The number of Topliss-reactive ketones (excluding diaryl/α,β-unsaturated/α-hetero) is 1. The van der Waals surface area contributed by atoms with E-state index in [1.54, 1.807) is 6.07 Å². The molecule has 0 aliphatic heterocycles. The topological polar surface area (TPSA) is 56.9 Å². The van der Waals surface area contributed by atoms with Crippen molar-refractivity contribution in [2.45, 2.75) is 59.5 Å². The fourth-order valence-electron chi connectivity index (χ4n) is 3.51. The van der Waals surface area contributed by atoms with Gasteiger partial charge in [0, 0.05) is 29.6 Å². The predicted octanol–water partition coefficient (Wildman–Crippen LogP) is 2.44. The Morgan fingerprint density at radius 2 is 1.96 bits per heavy atom. The first kappa shape index (κ1) is 15.7. The molecular weight excluding hydrogens is 290 g/mol. The van der Waals surface area contributed by atoms with E-state index in [0.717, 1.165) is 54.9 Å². The summed E-state index contributed by atoms with van der Waals surface area (Å²) >= 11 is 0. The molecule has 2 aromatic rings. The lowest BCUT2D eigenvalue weighted by atomic mass is 9.97. The number of carbonyl (C=O) groups excluding carboxylic acids is 1. The van der Waals surface area contributed by atoms with Gasteiger partial charge in [-0.2, -0.15) is 5.10 Å². The summed E-state index contributed by atoms with van der Waals surface area (Å²) in [5.74, 6) is -0.0526. The number of fused-ring (bicyclic) bond motifs is 1. The minimum absolute atomic E-state index is 0.0140. The lowest BCUT2D eigenvalue weighted by Gasteiger charge is -2.15. The van der Waals surface area contributed by atoms with E-state index in [1.165, 1.54) is 4.68 Å². The van der Waals surface area contributed by atoms with Crippen molar-refractivity contribution >= 4 is 5.78 Å². The average molecular weight is 313 g/mol. The molecule has 3 rings (SSSR count). The molecule has 0 fully saturated rings. The van der Waals surface area contributed by atoms with Crippen LogP contribution in [0.25, 0.3) is 0 Å². The van der Waals surface area contributed by atoms with Gasteiger partial charge in [0.05, 0.1) is 5.69 Å². The molecule has 0 saturated heterocycles. The Hall–Kier alpha value is -2.17. The molecule has 0 bridgehead atoms.